The summed E-state index contributed by atoms with van der Waals surface area (Å²) < 4.78 is 26.1. The molecule has 0 aromatic heterocycles. The van der Waals surface area contributed by atoms with Crippen LogP contribution in [0.15, 0.2) is 41.3 Å². The van der Waals surface area contributed by atoms with E-state index >= 15 is 0 Å². The Morgan fingerprint density at radius 3 is 2.44 bits per heavy atom. The first-order chi connectivity index (χ1) is 11.7. The number of nitriles is 1. The van der Waals surface area contributed by atoms with Crippen LogP contribution < -0.4 is 5.32 Å². The van der Waals surface area contributed by atoms with Crippen molar-refractivity contribution in [1.29, 1.82) is 5.26 Å². The van der Waals surface area contributed by atoms with Crippen molar-refractivity contribution in [2.75, 3.05) is 19.4 Å². The summed E-state index contributed by atoms with van der Waals surface area (Å²) in [6.07, 6.45) is 0. The summed E-state index contributed by atoms with van der Waals surface area (Å²) in [6.45, 7) is 3.47. The number of amides is 1. The van der Waals surface area contributed by atoms with Gasteiger partial charge in [0.1, 0.15) is 0 Å². The Hall–Kier alpha value is -2.69. The number of sulfonamides is 1. The van der Waals surface area contributed by atoms with Crippen LogP contribution in [0.1, 0.15) is 27.0 Å². The van der Waals surface area contributed by atoms with E-state index in [1.54, 1.807) is 44.2 Å². The van der Waals surface area contributed by atoms with Gasteiger partial charge in [-0.15, -0.1) is 0 Å². The Morgan fingerprint density at radius 2 is 1.84 bits per heavy atom. The van der Waals surface area contributed by atoms with E-state index in [2.05, 4.69) is 5.32 Å². The molecule has 0 aliphatic rings. The van der Waals surface area contributed by atoms with Crippen LogP contribution in [-0.2, 0) is 10.0 Å². The average molecular weight is 357 g/mol. The maximum atomic E-state index is 12.5. The molecule has 1 amide bonds. The van der Waals surface area contributed by atoms with Gasteiger partial charge in [-0.1, -0.05) is 6.07 Å². The van der Waals surface area contributed by atoms with Crippen LogP contribution in [-0.4, -0.2) is 32.7 Å². The molecule has 0 aliphatic heterocycles. The predicted molar refractivity (Wildman–Crippen MR) is 95.9 cm³/mol. The number of rotatable bonds is 4. The number of carbonyl (C=O) groups is 1. The highest BCUT2D eigenvalue weighted by Crippen LogP contribution is 2.24. The molecule has 0 saturated heterocycles. The smallest absolute Gasteiger partial charge is 0.255 e. The Morgan fingerprint density at radius 1 is 1.16 bits per heavy atom. The van der Waals surface area contributed by atoms with E-state index in [1.807, 2.05) is 6.07 Å². The molecule has 7 heteroatoms. The van der Waals surface area contributed by atoms with Crippen LogP contribution in [0.4, 0.5) is 5.69 Å². The maximum Gasteiger partial charge on any atom is 0.255 e. The number of carbonyl (C=O) groups excluding carboxylic acids is 1. The number of benzene rings is 2. The summed E-state index contributed by atoms with van der Waals surface area (Å²) in [6, 6.07) is 11.5. The van der Waals surface area contributed by atoms with Crippen LogP contribution in [0.3, 0.4) is 0 Å². The minimum Gasteiger partial charge on any atom is -0.322 e. The number of nitrogens with one attached hydrogen (secondary N) is 1. The summed E-state index contributed by atoms with van der Waals surface area (Å²) in [5, 5.41) is 11.6. The van der Waals surface area contributed by atoms with Crippen LogP contribution in [0.5, 0.6) is 0 Å². The van der Waals surface area contributed by atoms with Crippen molar-refractivity contribution in [3.05, 3.63) is 58.7 Å². The van der Waals surface area contributed by atoms with Gasteiger partial charge in [0.2, 0.25) is 10.0 Å². The first kappa shape index (κ1) is 18.6. The zero-order valence-electron chi connectivity index (χ0n) is 14.5. The lowest BCUT2D eigenvalue weighted by atomic mass is 10.1. The van der Waals surface area contributed by atoms with Gasteiger partial charge in [-0.25, -0.2) is 12.7 Å². The average Bonchev–Trinajstić information content (AvgIpc) is 2.56. The third kappa shape index (κ3) is 3.87. The molecule has 2 aromatic rings. The molecule has 0 bridgehead atoms. The normalized spacial score (nSPS) is 11.2. The molecule has 2 rings (SSSR count). The lowest BCUT2D eigenvalue weighted by Crippen LogP contribution is -2.24. The van der Waals surface area contributed by atoms with E-state index in [-0.39, 0.29) is 10.5 Å². The highest BCUT2D eigenvalue weighted by atomic mass is 32.2. The van der Waals surface area contributed by atoms with Gasteiger partial charge in [0, 0.05) is 25.3 Å². The summed E-state index contributed by atoms with van der Waals surface area (Å²) in [4.78, 5) is 12.6. The molecule has 1 N–H and O–H groups in total. The highest BCUT2D eigenvalue weighted by molar-refractivity contribution is 7.89. The second-order valence-corrected chi connectivity index (χ2v) is 7.97. The number of hydrogen-bond acceptors (Lipinski definition) is 4. The first-order valence-corrected chi connectivity index (χ1v) is 8.96. The minimum absolute atomic E-state index is 0.105. The first-order valence-electron chi connectivity index (χ1n) is 7.52. The summed E-state index contributed by atoms with van der Waals surface area (Å²) in [5.41, 5.74) is 2.45. The fourth-order valence-electron chi connectivity index (χ4n) is 2.29. The number of hydrogen-bond donors (Lipinski definition) is 1. The zero-order chi connectivity index (χ0) is 18.8. The SMILES string of the molecule is Cc1cc(C(=O)Nc2cccc(C#N)c2)cc(S(=O)(=O)N(C)C)c1C. The fraction of sp³-hybridized carbons (Fsp3) is 0.222. The van der Waals surface area contributed by atoms with E-state index in [0.717, 1.165) is 4.31 Å². The van der Waals surface area contributed by atoms with E-state index in [9.17, 15) is 13.2 Å². The van der Waals surface area contributed by atoms with Crippen molar-refractivity contribution >= 4 is 21.6 Å². The monoisotopic (exact) mass is 357 g/mol. The van der Waals surface area contributed by atoms with Gasteiger partial charge in [0.25, 0.3) is 5.91 Å². The molecule has 0 saturated carbocycles. The Balaban J connectivity index is 2.44. The van der Waals surface area contributed by atoms with Gasteiger partial charge in [-0.05, 0) is 55.3 Å². The molecular weight excluding hydrogens is 338 g/mol. The molecule has 0 radical (unpaired) electrons. The van der Waals surface area contributed by atoms with Gasteiger partial charge in [-0.3, -0.25) is 4.79 Å². The second-order valence-electron chi connectivity index (χ2n) is 5.85. The Bertz CT molecular complexity index is 974. The number of aryl methyl sites for hydroxylation is 1. The third-order valence-corrected chi connectivity index (χ3v) is 5.83. The van der Waals surface area contributed by atoms with E-state index < -0.39 is 15.9 Å². The summed E-state index contributed by atoms with van der Waals surface area (Å²) in [7, 11) is -0.762. The van der Waals surface area contributed by atoms with Gasteiger partial charge in [0.15, 0.2) is 0 Å². The van der Waals surface area contributed by atoms with Crippen molar-refractivity contribution in [2.24, 2.45) is 0 Å². The maximum absolute atomic E-state index is 12.5. The molecule has 130 valence electrons. The fourth-order valence-corrected chi connectivity index (χ4v) is 3.51. The van der Waals surface area contributed by atoms with Gasteiger partial charge < -0.3 is 5.32 Å². The van der Waals surface area contributed by atoms with Crippen molar-refractivity contribution in [3.63, 3.8) is 0 Å². The molecule has 0 heterocycles. The quantitative estimate of drug-likeness (QED) is 0.911. The van der Waals surface area contributed by atoms with Gasteiger partial charge >= 0.3 is 0 Å². The van der Waals surface area contributed by atoms with Crippen molar-refractivity contribution < 1.29 is 13.2 Å². The molecule has 2 aromatic carbocycles. The molecule has 0 unspecified atom stereocenters. The van der Waals surface area contributed by atoms with E-state index in [0.29, 0.717) is 22.4 Å². The second kappa shape index (κ2) is 7.05. The van der Waals surface area contributed by atoms with Gasteiger partial charge in [0.05, 0.1) is 16.5 Å². The van der Waals surface area contributed by atoms with Crippen molar-refractivity contribution in [3.8, 4) is 6.07 Å². The molecule has 0 aliphatic carbocycles. The largest absolute Gasteiger partial charge is 0.322 e. The van der Waals surface area contributed by atoms with Crippen LogP contribution in [0.25, 0.3) is 0 Å². The summed E-state index contributed by atoms with van der Waals surface area (Å²) >= 11 is 0. The van der Waals surface area contributed by atoms with Crippen LogP contribution >= 0.6 is 0 Å². The lowest BCUT2D eigenvalue weighted by Gasteiger charge is -2.16. The standard InChI is InChI=1S/C18H19N3O3S/c1-12-8-15(10-17(13(12)2)25(23,24)21(3)4)18(22)20-16-7-5-6-14(9-16)11-19/h5-10H,1-4H3,(H,20,22). The summed E-state index contributed by atoms with van der Waals surface area (Å²) in [5.74, 6) is -0.437. The zero-order valence-corrected chi connectivity index (χ0v) is 15.3. The molecule has 0 spiro atoms. The predicted octanol–water partition coefficient (Wildman–Crippen LogP) is 2.68. The molecule has 25 heavy (non-hydrogen) atoms. The van der Waals surface area contributed by atoms with Crippen LogP contribution in [0.2, 0.25) is 0 Å². The van der Waals surface area contributed by atoms with E-state index in [4.69, 9.17) is 5.26 Å². The Kier molecular flexibility index (Phi) is 5.26. The molecular formula is C18H19N3O3S. The third-order valence-electron chi connectivity index (χ3n) is 3.89. The van der Waals surface area contributed by atoms with Crippen molar-refractivity contribution in [1.82, 2.24) is 4.31 Å². The van der Waals surface area contributed by atoms with Gasteiger partial charge in [-0.2, -0.15) is 5.26 Å². The van der Waals surface area contributed by atoms with Crippen LogP contribution in [0, 0.1) is 25.2 Å². The topological polar surface area (TPSA) is 90.3 Å². The van der Waals surface area contributed by atoms with Crippen molar-refractivity contribution in [2.45, 2.75) is 18.7 Å². The number of anilines is 1. The molecule has 0 fully saturated rings. The molecule has 6 nitrogen and oxygen atoms in total. The lowest BCUT2D eigenvalue weighted by molar-refractivity contribution is 0.102. The minimum atomic E-state index is -3.66. The van der Waals surface area contributed by atoms with E-state index in [1.165, 1.54) is 20.2 Å². The highest BCUT2D eigenvalue weighted by Gasteiger charge is 2.23. The molecule has 0 atom stereocenters. The Labute approximate surface area is 147 Å². The number of nitrogens with zero attached hydrogens (tertiary/aromatic N) is 2.